The molecule has 120 valence electrons. The van der Waals surface area contributed by atoms with E-state index >= 15 is 0 Å². The van der Waals surface area contributed by atoms with Crippen LogP contribution in [-0.2, 0) is 0 Å². The molecule has 0 radical (unpaired) electrons. The van der Waals surface area contributed by atoms with E-state index in [-0.39, 0.29) is 5.56 Å². The zero-order valence-electron chi connectivity index (χ0n) is 13.1. The van der Waals surface area contributed by atoms with Crippen LogP contribution in [-0.4, -0.2) is 28.1 Å². The van der Waals surface area contributed by atoms with Crippen molar-refractivity contribution in [3.8, 4) is 5.69 Å². The first kappa shape index (κ1) is 16.1. The standard InChI is InChI=1S/C19H16N2O2S/c1-24-18-7-3-2-6-17(18)20-13-16-5-4-12-21(16)15-10-8-14(9-11-15)19(22)23/h2-13H,1H3,(H,22,23). The lowest BCUT2D eigenvalue weighted by Gasteiger charge is -2.07. The minimum Gasteiger partial charge on any atom is -0.478 e. The minimum absolute atomic E-state index is 0.273. The third kappa shape index (κ3) is 3.41. The number of aromatic nitrogens is 1. The van der Waals surface area contributed by atoms with Gasteiger partial charge in [0.15, 0.2) is 0 Å². The van der Waals surface area contributed by atoms with E-state index in [4.69, 9.17) is 5.11 Å². The molecule has 2 aromatic carbocycles. The molecule has 0 saturated heterocycles. The lowest BCUT2D eigenvalue weighted by molar-refractivity contribution is 0.0697. The second-order valence-electron chi connectivity index (χ2n) is 5.09. The zero-order chi connectivity index (χ0) is 16.9. The SMILES string of the molecule is CSc1ccccc1N=Cc1cccn1-c1ccc(C(=O)O)cc1. The summed E-state index contributed by atoms with van der Waals surface area (Å²) in [6.45, 7) is 0. The number of aromatic carboxylic acids is 1. The third-order valence-corrected chi connectivity index (χ3v) is 4.38. The maximum atomic E-state index is 11.0. The van der Waals surface area contributed by atoms with Gasteiger partial charge in [0.1, 0.15) is 0 Å². The van der Waals surface area contributed by atoms with Crippen molar-refractivity contribution in [2.75, 3.05) is 6.26 Å². The summed E-state index contributed by atoms with van der Waals surface area (Å²) in [5.41, 5.74) is 3.02. The van der Waals surface area contributed by atoms with Crippen molar-refractivity contribution in [3.05, 3.63) is 78.1 Å². The van der Waals surface area contributed by atoms with Crippen molar-refractivity contribution >= 4 is 29.6 Å². The molecule has 1 aromatic heterocycles. The van der Waals surface area contributed by atoms with Gasteiger partial charge in [0.25, 0.3) is 0 Å². The Morgan fingerprint density at radius 3 is 2.54 bits per heavy atom. The maximum Gasteiger partial charge on any atom is 0.335 e. The summed E-state index contributed by atoms with van der Waals surface area (Å²) in [5, 5.41) is 8.99. The summed E-state index contributed by atoms with van der Waals surface area (Å²) >= 11 is 1.66. The molecule has 1 heterocycles. The van der Waals surface area contributed by atoms with Gasteiger partial charge in [-0.3, -0.25) is 4.99 Å². The Labute approximate surface area is 144 Å². The molecule has 0 aliphatic carbocycles. The number of thioether (sulfide) groups is 1. The quantitative estimate of drug-likeness (QED) is 0.545. The van der Waals surface area contributed by atoms with Crippen LogP contribution in [0, 0.1) is 0 Å². The molecule has 0 bridgehead atoms. The Kier molecular flexibility index (Phi) is 4.82. The number of hydrogen-bond acceptors (Lipinski definition) is 3. The van der Waals surface area contributed by atoms with Crippen LogP contribution in [0.3, 0.4) is 0 Å². The second kappa shape index (κ2) is 7.19. The van der Waals surface area contributed by atoms with Crippen LogP contribution in [0.15, 0.2) is 76.7 Å². The van der Waals surface area contributed by atoms with Gasteiger partial charge in [0, 0.05) is 16.8 Å². The Morgan fingerprint density at radius 1 is 1.08 bits per heavy atom. The Bertz CT molecular complexity index is 882. The summed E-state index contributed by atoms with van der Waals surface area (Å²) in [7, 11) is 0. The Hall–Kier alpha value is -2.79. The summed E-state index contributed by atoms with van der Waals surface area (Å²) in [6, 6.07) is 18.7. The second-order valence-corrected chi connectivity index (χ2v) is 5.93. The topological polar surface area (TPSA) is 54.6 Å². The number of aliphatic imine (C=N–C) groups is 1. The molecule has 0 aliphatic rings. The number of carboxylic acid groups (broad SMARTS) is 1. The van der Waals surface area contributed by atoms with Crippen molar-refractivity contribution in [2.45, 2.75) is 4.90 Å². The van der Waals surface area contributed by atoms with E-state index in [2.05, 4.69) is 4.99 Å². The van der Waals surface area contributed by atoms with Gasteiger partial charge >= 0.3 is 5.97 Å². The number of carbonyl (C=O) groups is 1. The van der Waals surface area contributed by atoms with Gasteiger partial charge in [0.2, 0.25) is 0 Å². The number of rotatable bonds is 5. The molecule has 3 rings (SSSR count). The van der Waals surface area contributed by atoms with E-state index in [1.807, 2.05) is 59.6 Å². The Balaban J connectivity index is 1.90. The summed E-state index contributed by atoms with van der Waals surface area (Å²) < 4.78 is 1.97. The van der Waals surface area contributed by atoms with Gasteiger partial charge in [-0.15, -0.1) is 11.8 Å². The maximum absolute atomic E-state index is 11.0. The van der Waals surface area contributed by atoms with Crippen LogP contribution in [0.5, 0.6) is 0 Å². The molecule has 0 amide bonds. The lowest BCUT2D eigenvalue weighted by Crippen LogP contribution is -2.00. The Morgan fingerprint density at radius 2 is 1.83 bits per heavy atom. The van der Waals surface area contributed by atoms with Crippen molar-refractivity contribution in [3.63, 3.8) is 0 Å². The minimum atomic E-state index is -0.926. The van der Waals surface area contributed by atoms with Crippen LogP contribution in [0.25, 0.3) is 5.69 Å². The lowest BCUT2D eigenvalue weighted by atomic mass is 10.2. The largest absolute Gasteiger partial charge is 0.478 e. The highest BCUT2D eigenvalue weighted by Gasteiger charge is 2.05. The fraction of sp³-hybridized carbons (Fsp3) is 0.0526. The number of hydrogen-bond donors (Lipinski definition) is 1. The first-order valence-corrected chi connectivity index (χ1v) is 8.59. The van der Waals surface area contributed by atoms with Crippen LogP contribution >= 0.6 is 11.8 Å². The number of benzene rings is 2. The first-order chi connectivity index (χ1) is 11.7. The predicted molar refractivity (Wildman–Crippen MR) is 98.2 cm³/mol. The van der Waals surface area contributed by atoms with Crippen LogP contribution in [0.2, 0.25) is 0 Å². The fourth-order valence-corrected chi connectivity index (χ4v) is 2.92. The van der Waals surface area contributed by atoms with Gasteiger partial charge in [-0.05, 0) is 54.8 Å². The fourth-order valence-electron chi connectivity index (χ4n) is 2.37. The molecular weight excluding hydrogens is 320 g/mol. The van der Waals surface area contributed by atoms with Crippen LogP contribution in [0.4, 0.5) is 5.69 Å². The van der Waals surface area contributed by atoms with E-state index in [0.717, 1.165) is 22.0 Å². The monoisotopic (exact) mass is 336 g/mol. The van der Waals surface area contributed by atoms with Gasteiger partial charge in [0.05, 0.1) is 23.2 Å². The molecule has 24 heavy (non-hydrogen) atoms. The molecule has 0 fully saturated rings. The highest BCUT2D eigenvalue weighted by Crippen LogP contribution is 2.27. The smallest absolute Gasteiger partial charge is 0.335 e. The summed E-state index contributed by atoms with van der Waals surface area (Å²) in [4.78, 5) is 16.7. The number of carboxylic acids is 1. The zero-order valence-corrected chi connectivity index (χ0v) is 13.9. The first-order valence-electron chi connectivity index (χ1n) is 7.37. The van der Waals surface area contributed by atoms with E-state index in [1.54, 1.807) is 36.0 Å². The van der Waals surface area contributed by atoms with Crippen LogP contribution < -0.4 is 0 Å². The summed E-state index contributed by atoms with van der Waals surface area (Å²) in [6.07, 6.45) is 5.78. The molecule has 0 aliphatic heterocycles. The van der Waals surface area contributed by atoms with Gasteiger partial charge in [-0.1, -0.05) is 12.1 Å². The van der Waals surface area contributed by atoms with Crippen molar-refractivity contribution in [1.29, 1.82) is 0 Å². The van der Waals surface area contributed by atoms with E-state index in [9.17, 15) is 4.79 Å². The molecule has 5 heteroatoms. The van der Waals surface area contributed by atoms with Crippen molar-refractivity contribution in [1.82, 2.24) is 4.57 Å². The normalized spacial score (nSPS) is 11.0. The average molecular weight is 336 g/mol. The predicted octanol–water partition coefficient (Wildman–Crippen LogP) is 4.65. The third-order valence-electron chi connectivity index (χ3n) is 3.59. The highest BCUT2D eigenvalue weighted by molar-refractivity contribution is 7.98. The highest BCUT2D eigenvalue weighted by atomic mass is 32.2. The molecule has 1 N–H and O–H groups in total. The number of para-hydroxylation sites is 1. The van der Waals surface area contributed by atoms with Crippen molar-refractivity contribution in [2.24, 2.45) is 4.99 Å². The van der Waals surface area contributed by atoms with Gasteiger partial charge in [-0.2, -0.15) is 0 Å². The van der Waals surface area contributed by atoms with Gasteiger partial charge < -0.3 is 9.67 Å². The van der Waals surface area contributed by atoms with E-state index < -0.39 is 5.97 Å². The molecule has 3 aromatic rings. The van der Waals surface area contributed by atoms with E-state index in [0.29, 0.717) is 0 Å². The van der Waals surface area contributed by atoms with Crippen LogP contribution in [0.1, 0.15) is 16.1 Å². The molecule has 0 unspecified atom stereocenters. The molecule has 0 saturated carbocycles. The van der Waals surface area contributed by atoms with Gasteiger partial charge in [-0.25, -0.2) is 4.79 Å². The molecule has 0 spiro atoms. The molecule has 4 nitrogen and oxygen atoms in total. The summed E-state index contributed by atoms with van der Waals surface area (Å²) in [5.74, 6) is -0.926. The number of nitrogens with zero attached hydrogens (tertiary/aromatic N) is 2. The average Bonchev–Trinajstić information content (AvgIpc) is 3.08. The van der Waals surface area contributed by atoms with E-state index in [1.165, 1.54) is 0 Å². The molecule has 0 atom stereocenters. The molecular formula is C19H16N2O2S. The van der Waals surface area contributed by atoms with Crippen molar-refractivity contribution < 1.29 is 9.90 Å².